The molecule has 3 rings (SSSR count). The van der Waals surface area contributed by atoms with E-state index in [1.165, 1.54) is 0 Å². The SMILES string of the molecule is CC1(C)CC(/C=C/c2ccc(-c3cc([N+](=O)[O-])ccc3C(=O)O)c(C=O)c2)=CC(C(C#N)C#N)C1. The van der Waals surface area contributed by atoms with Gasteiger partial charge in [-0.05, 0) is 41.5 Å². The largest absolute Gasteiger partial charge is 0.478 e. The lowest BCUT2D eigenvalue weighted by atomic mass is 9.69. The number of carboxylic acid groups (broad SMARTS) is 1. The summed E-state index contributed by atoms with van der Waals surface area (Å²) in [6, 6.07) is 12.4. The Morgan fingerprint density at radius 1 is 1.17 bits per heavy atom. The van der Waals surface area contributed by atoms with E-state index in [1.807, 2.05) is 12.2 Å². The Bertz CT molecular complexity index is 1330. The van der Waals surface area contributed by atoms with Crippen molar-refractivity contribution in [3.63, 3.8) is 0 Å². The number of carbonyl (C=O) groups is 2. The molecule has 8 heteroatoms. The Balaban J connectivity index is 2.00. The lowest BCUT2D eigenvalue weighted by Gasteiger charge is -2.34. The minimum absolute atomic E-state index is 0.0852. The van der Waals surface area contributed by atoms with Gasteiger partial charge in [-0.2, -0.15) is 10.5 Å². The van der Waals surface area contributed by atoms with Gasteiger partial charge in [0.15, 0.2) is 6.29 Å². The van der Waals surface area contributed by atoms with Crippen LogP contribution in [0.2, 0.25) is 0 Å². The number of nitriles is 2. The van der Waals surface area contributed by atoms with Gasteiger partial charge in [-0.15, -0.1) is 0 Å². The second kappa shape index (κ2) is 10.1. The highest BCUT2D eigenvalue weighted by Crippen LogP contribution is 2.41. The summed E-state index contributed by atoms with van der Waals surface area (Å²) >= 11 is 0. The number of hydrogen-bond acceptors (Lipinski definition) is 6. The van der Waals surface area contributed by atoms with Crippen LogP contribution < -0.4 is 0 Å². The van der Waals surface area contributed by atoms with Crippen molar-refractivity contribution >= 4 is 24.0 Å². The summed E-state index contributed by atoms with van der Waals surface area (Å²) in [6.45, 7) is 4.18. The molecule has 0 spiro atoms. The van der Waals surface area contributed by atoms with Crippen LogP contribution >= 0.6 is 0 Å². The maximum Gasteiger partial charge on any atom is 0.336 e. The maximum atomic E-state index is 11.8. The number of carboxylic acids is 1. The molecule has 176 valence electrons. The lowest BCUT2D eigenvalue weighted by molar-refractivity contribution is -0.384. The van der Waals surface area contributed by atoms with E-state index in [-0.39, 0.29) is 39.3 Å². The topological polar surface area (TPSA) is 145 Å². The highest BCUT2D eigenvalue weighted by Gasteiger charge is 2.32. The molecule has 0 aromatic heterocycles. The van der Waals surface area contributed by atoms with Gasteiger partial charge >= 0.3 is 5.97 Å². The zero-order valence-corrected chi connectivity index (χ0v) is 19.3. The first kappa shape index (κ1) is 25.1. The second-order valence-corrected chi connectivity index (χ2v) is 9.28. The quantitative estimate of drug-likeness (QED) is 0.306. The predicted molar refractivity (Wildman–Crippen MR) is 129 cm³/mol. The molecule has 1 unspecified atom stereocenters. The van der Waals surface area contributed by atoms with Gasteiger partial charge in [-0.25, -0.2) is 4.79 Å². The molecule has 35 heavy (non-hydrogen) atoms. The third-order valence-corrected chi connectivity index (χ3v) is 6.03. The third kappa shape index (κ3) is 5.69. The van der Waals surface area contributed by atoms with Gasteiger partial charge in [0, 0.05) is 29.2 Å². The van der Waals surface area contributed by atoms with E-state index in [9.17, 15) is 35.3 Å². The Morgan fingerprint density at radius 2 is 1.89 bits per heavy atom. The predicted octanol–water partition coefficient (Wildman–Crippen LogP) is 5.81. The molecule has 0 saturated carbocycles. The van der Waals surface area contributed by atoms with E-state index >= 15 is 0 Å². The van der Waals surface area contributed by atoms with Crippen molar-refractivity contribution in [2.45, 2.75) is 26.7 Å². The minimum Gasteiger partial charge on any atom is -0.478 e. The lowest BCUT2D eigenvalue weighted by Crippen LogP contribution is -2.25. The Kier molecular flexibility index (Phi) is 7.27. The van der Waals surface area contributed by atoms with Crippen molar-refractivity contribution in [3.8, 4) is 23.3 Å². The molecule has 1 atom stereocenters. The molecule has 8 nitrogen and oxygen atoms in total. The maximum absolute atomic E-state index is 11.8. The van der Waals surface area contributed by atoms with Crippen molar-refractivity contribution in [1.29, 1.82) is 10.5 Å². The number of allylic oxidation sites excluding steroid dienone is 3. The van der Waals surface area contributed by atoms with E-state index in [2.05, 4.69) is 26.0 Å². The van der Waals surface area contributed by atoms with Gasteiger partial charge in [-0.1, -0.05) is 49.8 Å². The molecule has 0 radical (unpaired) electrons. The molecule has 0 saturated heterocycles. The second-order valence-electron chi connectivity index (χ2n) is 9.28. The van der Waals surface area contributed by atoms with E-state index in [0.717, 1.165) is 36.6 Å². The standard InChI is InChI=1S/C27H23N3O5/c1-27(2)12-18(10-19(13-27)21(14-28)15-29)4-3-17-5-7-23(20(9-17)16-31)25-11-22(30(34)35)6-8-24(25)26(32)33/h3-11,16,19,21H,12-13H2,1-2H3,(H,32,33)/b4-3+. The number of nitrogens with zero attached hydrogens (tertiary/aromatic N) is 3. The van der Waals surface area contributed by atoms with Crippen LogP contribution in [-0.2, 0) is 0 Å². The molecule has 0 heterocycles. The van der Waals surface area contributed by atoms with Crippen LogP contribution in [0.25, 0.3) is 17.2 Å². The summed E-state index contributed by atoms with van der Waals surface area (Å²) in [5, 5.41) is 39.3. The van der Waals surface area contributed by atoms with Crippen LogP contribution in [0, 0.1) is 50.0 Å². The molecule has 0 aliphatic heterocycles. The number of carbonyl (C=O) groups excluding carboxylic acids is 1. The number of hydrogen-bond donors (Lipinski definition) is 1. The Morgan fingerprint density at radius 3 is 2.49 bits per heavy atom. The summed E-state index contributed by atoms with van der Waals surface area (Å²) in [6.07, 6.45) is 7.73. The molecule has 0 amide bonds. The Labute approximate surface area is 202 Å². The molecule has 1 aliphatic carbocycles. The van der Waals surface area contributed by atoms with E-state index in [0.29, 0.717) is 11.8 Å². The van der Waals surface area contributed by atoms with E-state index in [1.54, 1.807) is 24.3 Å². The number of nitro benzene ring substituents is 1. The number of benzene rings is 2. The van der Waals surface area contributed by atoms with Crippen LogP contribution in [0.3, 0.4) is 0 Å². The van der Waals surface area contributed by atoms with Crippen LogP contribution in [0.4, 0.5) is 5.69 Å². The van der Waals surface area contributed by atoms with Gasteiger partial charge in [0.2, 0.25) is 0 Å². The van der Waals surface area contributed by atoms with Crippen LogP contribution in [0.1, 0.15) is 53.0 Å². The first-order valence-electron chi connectivity index (χ1n) is 10.9. The van der Waals surface area contributed by atoms with E-state index in [4.69, 9.17) is 0 Å². The highest BCUT2D eigenvalue weighted by molar-refractivity contribution is 6.00. The van der Waals surface area contributed by atoms with Crippen LogP contribution in [0.5, 0.6) is 0 Å². The van der Waals surface area contributed by atoms with Gasteiger partial charge in [0.25, 0.3) is 5.69 Å². The van der Waals surface area contributed by atoms with Gasteiger partial charge in [0.05, 0.1) is 22.6 Å². The number of aldehydes is 1. The molecular weight excluding hydrogens is 446 g/mol. The number of non-ortho nitro benzene ring substituents is 1. The average molecular weight is 469 g/mol. The fraction of sp³-hybridized carbons (Fsp3) is 0.259. The summed E-state index contributed by atoms with van der Waals surface area (Å²) in [7, 11) is 0. The van der Waals surface area contributed by atoms with Crippen LogP contribution in [0.15, 0.2) is 54.1 Å². The molecule has 2 aromatic rings. The summed E-state index contributed by atoms with van der Waals surface area (Å²) < 4.78 is 0. The zero-order chi connectivity index (χ0) is 25.8. The number of aromatic carboxylic acids is 1. The average Bonchev–Trinajstić information content (AvgIpc) is 2.82. The monoisotopic (exact) mass is 469 g/mol. The molecule has 0 fully saturated rings. The van der Waals surface area contributed by atoms with Gasteiger partial charge < -0.3 is 5.11 Å². The summed E-state index contributed by atoms with van der Waals surface area (Å²) in [4.78, 5) is 34.1. The summed E-state index contributed by atoms with van der Waals surface area (Å²) in [5.74, 6) is -2.16. The fourth-order valence-electron chi connectivity index (χ4n) is 4.49. The molecular formula is C27H23N3O5. The first-order valence-corrected chi connectivity index (χ1v) is 10.9. The van der Waals surface area contributed by atoms with Crippen molar-refractivity contribution in [1.82, 2.24) is 0 Å². The summed E-state index contributed by atoms with van der Waals surface area (Å²) in [5.41, 5.74) is 1.71. The number of rotatable bonds is 7. The highest BCUT2D eigenvalue weighted by atomic mass is 16.6. The molecule has 1 aliphatic rings. The first-order chi connectivity index (χ1) is 16.6. The number of nitro groups is 1. The normalized spacial score (nSPS) is 16.8. The fourth-order valence-corrected chi connectivity index (χ4v) is 4.49. The molecule has 1 N–H and O–H groups in total. The van der Waals surface area contributed by atoms with E-state index < -0.39 is 16.8 Å². The van der Waals surface area contributed by atoms with Gasteiger partial charge in [0.1, 0.15) is 5.92 Å². The Hall–Kier alpha value is -4.56. The molecule has 0 bridgehead atoms. The third-order valence-electron chi connectivity index (χ3n) is 6.03. The minimum atomic E-state index is -1.26. The van der Waals surface area contributed by atoms with Crippen molar-refractivity contribution in [2.24, 2.45) is 17.3 Å². The van der Waals surface area contributed by atoms with Crippen molar-refractivity contribution in [2.75, 3.05) is 0 Å². The van der Waals surface area contributed by atoms with Crippen molar-refractivity contribution in [3.05, 3.63) is 80.9 Å². The smallest absolute Gasteiger partial charge is 0.336 e. The van der Waals surface area contributed by atoms with Gasteiger partial charge in [-0.3, -0.25) is 14.9 Å². The molecule has 2 aromatic carbocycles. The zero-order valence-electron chi connectivity index (χ0n) is 19.3. The van der Waals surface area contributed by atoms with Crippen molar-refractivity contribution < 1.29 is 19.6 Å². The van der Waals surface area contributed by atoms with Crippen LogP contribution in [-0.4, -0.2) is 22.3 Å².